The van der Waals surface area contributed by atoms with Crippen molar-refractivity contribution in [3.8, 4) is 0 Å². The number of amides is 1. The summed E-state index contributed by atoms with van der Waals surface area (Å²) in [5.74, 6) is -0.943. The van der Waals surface area contributed by atoms with Gasteiger partial charge in [-0.2, -0.15) is 0 Å². The van der Waals surface area contributed by atoms with E-state index in [1.54, 1.807) is 6.07 Å². The van der Waals surface area contributed by atoms with Crippen molar-refractivity contribution in [2.24, 2.45) is 5.73 Å². The molecular weight excluding hydrogens is 171 g/mol. The van der Waals surface area contributed by atoms with Gasteiger partial charge in [0.15, 0.2) is 0 Å². The number of fused-ring (bicyclic) bond motifs is 1. The molecule has 0 bridgehead atoms. The lowest BCUT2D eigenvalue weighted by Gasteiger charge is -1.92. The molecule has 0 saturated carbocycles. The minimum Gasteiger partial charge on any atom is -0.366 e. The number of carbonyl (C=O) groups is 1. The maximum atomic E-state index is 13.1. The van der Waals surface area contributed by atoms with E-state index in [1.165, 1.54) is 18.3 Å². The third-order valence-electron chi connectivity index (χ3n) is 1.93. The quantitative estimate of drug-likeness (QED) is 0.681. The van der Waals surface area contributed by atoms with Crippen LogP contribution in [-0.4, -0.2) is 10.9 Å². The molecule has 3 nitrogen and oxygen atoms in total. The molecule has 13 heavy (non-hydrogen) atoms. The number of hydrogen-bond acceptors (Lipinski definition) is 1. The van der Waals surface area contributed by atoms with Crippen molar-refractivity contribution in [1.82, 2.24) is 4.98 Å². The van der Waals surface area contributed by atoms with Crippen LogP contribution in [0.2, 0.25) is 0 Å². The van der Waals surface area contributed by atoms with E-state index in [2.05, 4.69) is 4.98 Å². The second-order valence-electron chi connectivity index (χ2n) is 2.73. The van der Waals surface area contributed by atoms with E-state index in [1.807, 2.05) is 0 Å². The molecule has 0 aliphatic rings. The number of carbonyl (C=O) groups excluding carboxylic acids is 1. The summed E-state index contributed by atoms with van der Waals surface area (Å²) in [6.45, 7) is 0. The molecule has 2 rings (SSSR count). The molecule has 0 aliphatic carbocycles. The summed E-state index contributed by atoms with van der Waals surface area (Å²) in [5.41, 5.74) is 5.72. The average Bonchev–Trinajstić information content (AvgIpc) is 2.48. The Labute approximate surface area is 73.4 Å². The first-order valence-corrected chi connectivity index (χ1v) is 3.75. The summed E-state index contributed by atoms with van der Waals surface area (Å²) in [6.07, 6.45) is 1.41. The first kappa shape index (κ1) is 7.79. The molecule has 0 unspecified atom stereocenters. The maximum Gasteiger partial charge on any atom is 0.250 e. The van der Waals surface area contributed by atoms with Gasteiger partial charge in [-0.1, -0.05) is 12.1 Å². The van der Waals surface area contributed by atoms with Gasteiger partial charge in [-0.25, -0.2) is 4.39 Å². The van der Waals surface area contributed by atoms with Crippen molar-refractivity contribution in [1.29, 1.82) is 0 Å². The van der Waals surface area contributed by atoms with E-state index in [4.69, 9.17) is 5.73 Å². The summed E-state index contributed by atoms with van der Waals surface area (Å²) in [4.78, 5) is 13.5. The number of halogens is 1. The predicted octanol–water partition coefficient (Wildman–Crippen LogP) is 1.41. The molecule has 0 spiro atoms. The highest BCUT2D eigenvalue weighted by molar-refractivity contribution is 6.05. The fourth-order valence-corrected chi connectivity index (χ4v) is 1.32. The van der Waals surface area contributed by atoms with Crippen LogP contribution >= 0.6 is 0 Å². The van der Waals surface area contributed by atoms with Crippen molar-refractivity contribution in [2.75, 3.05) is 0 Å². The largest absolute Gasteiger partial charge is 0.366 e. The fraction of sp³-hybridized carbons (Fsp3) is 0. The SMILES string of the molecule is NC(=O)c1c[nH]c2c(F)cccc12. The molecule has 1 heterocycles. The number of primary amides is 1. The van der Waals surface area contributed by atoms with Gasteiger partial charge in [0, 0.05) is 11.6 Å². The Kier molecular flexibility index (Phi) is 1.55. The van der Waals surface area contributed by atoms with Gasteiger partial charge < -0.3 is 10.7 Å². The molecular formula is C9H7FN2O. The highest BCUT2D eigenvalue weighted by atomic mass is 19.1. The molecule has 0 fully saturated rings. The second kappa shape index (κ2) is 2.58. The number of benzene rings is 1. The van der Waals surface area contributed by atoms with Crippen molar-refractivity contribution < 1.29 is 9.18 Å². The Balaban J connectivity index is 2.83. The Morgan fingerprint density at radius 1 is 1.46 bits per heavy atom. The number of aromatic nitrogens is 1. The maximum absolute atomic E-state index is 13.1. The van der Waals surface area contributed by atoms with Gasteiger partial charge in [0.25, 0.3) is 5.91 Å². The topological polar surface area (TPSA) is 58.9 Å². The van der Waals surface area contributed by atoms with Gasteiger partial charge in [-0.3, -0.25) is 4.79 Å². The monoisotopic (exact) mass is 178 g/mol. The van der Waals surface area contributed by atoms with E-state index in [9.17, 15) is 9.18 Å². The highest BCUT2D eigenvalue weighted by Gasteiger charge is 2.10. The van der Waals surface area contributed by atoms with Crippen molar-refractivity contribution in [3.05, 3.63) is 35.8 Å². The predicted molar refractivity (Wildman–Crippen MR) is 46.8 cm³/mol. The Bertz CT molecular complexity index is 475. The lowest BCUT2D eigenvalue weighted by Crippen LogP contribution is -2.09. The lowest BCUT2D eigenvalue weighted by atomic mass is 10.1. The molecule has 4 heteroatoms. The summed E-state index contributed by atoms with van der Waals surface area (Å²) < 4.78 is 13.1. The summed E-state index contributed by atoms with van der Waals surface area (Å²) in [7, 11) is 0. The van der Waals surface area contributed by atoms with Gasteiger partial charge in [-0.05, 0) is 6.07 Å². The third kappa shape index (κ3) is 1.07. The molecule has 1 aromatic heterocycles. The van der Waals surface area contributed by atoms with Crippen LogP contribution in [0, 0.1) is 5.82 Å². The zero-order valence-corrected chi connectivity index (χ0v) is 6.67. The molecule has 1 aromatic carbocycles. The summed E-state index contributed by atoms with van der Waals surface area (Å²) in [5, 5.41) is 0.521. The van der Waals surface area contributed by atoms with Crippen molar-refractivity contribution in [2.45, 2.75) is 0 Å². The molecule has 0 radical (unpaired) electrons. The minimum atomic E-state index is -0.558. The summed E-state index contributed by atoms with van der Waals surface area (Å²) >= 11 is 0. The van der Waals surface area contributed by atoms with E-state index in [0.29, 0.717) is 16.5 Å². The molecule has 3 N–H and O–H groups in total. The van der Waals surface area contributed by atoms with Crippen LogP contribution in [0.25, 0.3) is 10.9 Å². The first-order chi connectivity index (χ1) is 6.20. The van der Waals surface area contributed by atoms with E-state index < -0.39 is 5.91 Å². The zero-order valence-electron chi connectivity index (χ0n) is 6.67. The van der Waals surface area contributed by atoms with Crippen LogP contribution in [0.15, 0.2) is 24.4 Å². The number of nitrogens with two attached hydrogens (primary N) is 1. The molecule has 0 atom stereocenters. The zero-order chi connectivity index (χ0) is 9.42. The Morgan fingerprint density at radius 3 is 2.92 bits per heavy atom. The molecule has 0 saturated heterocycles. The van der Waals surface area contributed by atoms with Crippen LogP contribution in [0.1, 0.15) is 10.4 Å². The number of para-hydroxylation sites is 1. The van der Waals surface area contributed by atoms with Crippen LogP contribution < -0.4 is 5.73 Å². The number of rotatable bonds is 1. The van der Waals surface area contributed by atoms with Crippen LogP contribution in [0.4, 0.5) is 4.39 Å². The van der Waals surface area contributed by atoms with E-state index in [0.717, 1.165) is 0 Å². The average molecular weight is 178 g/mol. The molecule has 1 amide bonds. The lowest BCUT2D eigenvalue weighted by molar-refractivity contribution is 0.100. The van der Waals surface area contributed by atoms with E-state index in [-0.39, 0.29) is 5.82 Å². The molecule has 66 valence electrons. The molecule has 0 aliphatic heterocycles. The van der Waals surface area contributed by atoms with Gasteiger partial charge in [-0.15, -0.1) is 0 Å². The van der Waals surface area contributed by atoms with Crippen molar-refractivity contribution >= 4 is 16.8 Å². The third-order valence-corrected chi connectivity index (χ3v) is 1.93. The summed E-state index contributed by atoms with van der Waals surface area (Å²) in [6, 6.07) is 4.51. The highest BCUT2D eigenvalue weighted by Crippen LogP contribution is 2.19. The Morgan fingerprint density at radius 2 is 2.23 bits per heavy atom. The van der Waals surface area contributed by atoms with Crippen LogP contribution in [-0.2, 0) is 0 Å². The number of nitrogens with one attached hydrogen (secondary N) is 1. The smallest absolute Gasteiger partial charge is 0.250 e. The number of H-pyrrole nitrogens is 1. The van der Waals surface area contributed by atoms with Gasteiger partial charge in [0.05, 0.1) is 11.1 Å². The fourth-order valence-electron chi connectivity index (χ4n) is 1.32. The normalized spacial score (nSPS) is 10.5. The van der Waals surface area contributed by atoms with Gasteiger partial charge >= 0.3 is 0 Å². The van der Waals surface area contributed by atoms with Gasteiger partial charge in [0.1, 0.15) is 5.82 Å². The number of hydrogen-bond donors (Lipinski definition) is 2. The number of aromatic amines is 1. The first-order valence-electron chi connectivity index (χ1n) is 3.75. The minimum absolute atomic E-state index is 0.314. The van der Waals surface area contributed by atoms with Gasteiger partial charge in [0.2, 0.25) is 0 Å². The standard InChI is InChI=1S/C9H7FN2O/c10-7-3-1-2-5-6(9(11)13)4-12-8(5)7/h1-4,12H,(H2,11,13). The Hall–Kier alpha value is -1.84. The van der Waals surface area contributed by atoms with Crippen molar-refractivity contribution in [3.63, 3.8) is 0 Å². The molecule has 2 aromatic rings. The van der Waals surface area contributed by atoms with Crippen LogP contribution in [0.5, 0.6) is 0 Å². The second-order valence-corrected chi connectivity index (χ2v) is 2.73. The van der Waals surface area contributed by atoms with E-state index >= 15 is 0 Å². The van der Waals surface area contributed by atoms with Crippen LogP contribution in [0.3, 0.4) is 0 Å².